The van der Waals surface area contributed by atoms with E-state index in [0.29, 0.717) is 27.7 Å². The average molecular weight is 379 g/mol. The molecule has 1 aromatic carbocycles. The number of hydrogen-bond acceptors (Lipinski definition) is 4. The van der Waals surface area contributed by atoms with E-state index in [0.717, 1.165) is 6.08 Å². The van der Waals surface area contributed by atoms with Crippen molar-refractivity contribution in [1.82, 2.24) is 14.9 Å². The van der Waals surface area contributed by atoms with Crippen molar-refractivity contribution in [2.75, 3.05) is 12.3 Å². The van der Waals surface area contributed by atoms with Gasteiger partial charge in [0.2, 0.25) is 5.91 Å². The minimum absolute atomic E-state index is 0.0528. The maximum absolute atomic E-state index is 14.0. The molecule has 1 aliphatic rings. The summed E-state index contributed by atoms with van der Waals surface area (Å²) in [4.78, 5) is 21.8. The summed E-state index contributed by atoms with van der Waals surface area (Å²) < 4.78 is 28.0. The Morgan fingerprint density at radius 1 is 1.35 bits per heavy atom. The smallest absolute Gasteiger partial charge is 0.252 e. The molecule has 1 fully saturated rings. The first-order valence-corrected chi connectivity index (χ1v) is 8.36. The minimum atomic E-state index is -2.86. The number of benzene rings is 1. The number of hydrogen-bond donors (Lipinski definition) is 1. The van der Waals surface area contributed by atoms with Crippen molar-refractivity contribution in [2.24, 2.45) is 0 Å². The van der Waals surface area contributed by atoms with E-state index in [4.69, 9.17) is 17.3 Å². The molecule has 0 aliphatic carbocycles. The number of halogens is 3. The Balaban J connectivity index is 2.04. The molecule has 0 radical (unpaired) electrons. The van der Waals surface area contributed by atoms with Gasteiger partial charge in [0.15, 0.2) is 5.82 Å². The van der Waals surface area contributed by atoms with Crippen LogP contribution in [0.25, 0.3) is 11.4 Å². The van der Waals surface area contributed by atoms with Gasteiger partial charge in [-0.15, -0.1) is 0 Å². The molecule has 1 saturated heterocycles. The topological polar surface area (TPSA) is 72.1 Å². The summed E-state index contributed by atoms with van der Waals surface area (Å²) in [5, 5.41) is 0.345. The number of carbonyl (C=O) groups excluding carboxylic acids is 1. The molecule has 0 bridgehead atoms. The van der Waals surface area contributed by atoms with E-state index >= 15 is 0 Å². The third-order valence-corrected chi connectivity index (χ3v) is 4.50. The third-order valence-electron chi connectivity index (χ3n) is 4.28. The summed E-state index contributed by atoms with van der Waals surface area (Å²) >= 11 is 6.19. The Hall–Kier alpha value is -2.54. The fraction of sp³-hybridized carbons (Fsp3) is 0.278. The molecular formula is C18H17ClF2N4O. The zero-order valence-electron chi connectivity index (χ0n) is 13.8. The van der Waals surface area contributed by atoms with E-state index in [1.807, 2.05) is 0 Å². The summed E-state index contributed by atoms with van der Waals surface area (Å²) in [5.74, 6) is -2.88. The Bertz CT molecular complexity index is 842. The molecule has 0 spiro atoms. The van der Waals surface area contributed by atoms with Crippen LogP contribution in [0.15, 0.2) is 43.2 Å². The van der Waals surface area contributed by atoms with Gasteiger partial charge in [-0.1, -0.05) is 18.2 Å². The van der Waals surface area contributed by atoms with Gasteiger partial charge in [0.1, 0.15) is 0 Å². The van der Waals surface area contributed by atoms with Crippen molar-refractivity contribution in [2.45, 2.75) is 24.8 Å². The highest BCUT2D eigenvalue weighted by molar-refractivity contribution is 6.31. The molecule has 1 unspecified atom stereocenters. The number of piperidine rings is 1. The highest BCUT2D eigenvalue weighted by atomic mass is 35.5. The number of nitrogens with zero attached hydrogens (tertiary/aromatic N) is 3. The van der Waals surface area contributed by atoms with Crippen LogP contribution in [-0.2, 0) is 4.79 Å². The van der Waals surface area contributed by atoms with Crippen molar-refractivity contribution < 1.29 is 13.6 Å². The maximum Gasteiger partial charge on any atom is 0.252 e. The highest BCUT2D eigenvalue weighted by Crippen LogP contribution is 2.41. The molecule has 2 aromatic rings. The Morgan fingerprint density at radius 3 is 2.69 bits per heavy atom. The molecule has 1 aliphatic heterocycles. The zero-order chi connectivity index (χ0) is 18.9. The first-order chi connectivity index (χ1) is 12.3. The predicted octanol–water partition coefficient (Wildman–Crippen LogP) is 3.86. The normalized spacial score (nSPS) is 19.2. The second-order valence-electron chi connectivity index (χ2n) is 6.17. The number of rotatable bonds is 3. The largest absolute Gasteiger partial charge is 0.396 e. The summed E-state index contributed by atoms with van der Waals surface area (Å²) in [5.41, 5.74) is 7.06. The Labute approximate surface area is 154 Å². The lowest BCUT2D eigenvalue weighted by Crippen LogP contribution is -2.44. The van der Waals surface area contributed by atoms with Gasteiger partial charge in [0.25, 0.3) is 5.92 Å². The van der Waals surface area contributed by atoms with Crippen LogP contribution in [0.4, 0.5) is 14.5 Å². The van der Waals surface area contributed by atoms with Gasteiger partial charge in [-0.25, -0.2) is 18.7 Å². The second kappa shape index (κ2) is 6.99. The Morgan fingerprint density at radius 2 is 2.04 bits per heavy atom. The van der Waals surface area contributed by atoms with Crippen LogP contribution in [0, 0.1) is 0 Å². The average Bonchev–Trinajstić information content (AvgIpc) is 2.60. The van der Waals surface area contributed by atoms with Gasteiger partial charge in [-0.2, -0.15) is 0 Å². The summed E-state index contributed by atoms with van der Waals surface area (Å²) in [6, 6.07) is 4.08. The van der Waals surface area contributed by atoms with Crippen LogP contribution in [0.1, 0.15) is 24.4 Å². The molecule has 3 rings (SSSR count). The van der Waals surface area contributed by atoms with Gasteiger partial charge in [-0.05, 0) is 29.8 Å². The Kier molecular flexibility index (Phi) is 4.91. The van der Waals surface area contributed by atoms with Crippen LogP contribution in [0.2, 0.25) is 5.02 Å². The molecule has 1 amide bonds. The molecule has 0 saturated carbocycles. The summed E-state index contributed by atoms with van der Waals surface area (Å²) in [6.07, 6.45) is 3.17. The molecule has 8 heteroatoms. The lowest BCUT2D eigenvalue weighted by Gasteiger charge is -2.39. The molecule has 2 N–H and O–H groups in total. The number of aromatic nitrogens is 2. The van der Waals surface area contributed by atoms with E-state index in [2.05, 4.69) is 16.5 Å². The van der Waals surface area contributed by atoms with E-state index in [-0.39, 0.29) is 13.0 Å². The van der Waals surface area contributed by atoms with E-state index in [9.17, 15) is 13.6 Å². The minimum Gasteiger partial charge on any atom is -0.396 e. The van der Waals surface area contributed by atoms with Crippen LogP contribution < -0.4 is 5.73 Å². The van der Waals surface area contributed by atoms with E-state index < -0.39 is 24.3 Å². The van der Waals surface area contributed by atoms with Crippen LogP contribution in [-0.4, -0.2) is 33.2 Å². The van der Waals surface area contributed by atoms with Gasteiger partial charge in [0.05, 0.1) is 24.1 Å². The van der Waals surface area contributed by atoms with Crippen molar-refractivity contribution in [3.8, 4) is 11.4 Å². The summed E-state index contributed by atoms with van der Waals surface area (Å²) in [6.45, 7) is 3.40. The molecule has 136 valence electrons. The van der Waals surface area contributed by atoms with Crippen molar-refractivity contribution in [3.63, 3.8) is 0 Å². The van der Waals surface area contributed by atoms with E-state index in [1.54, 1.807) is 18.2 Å². The van der Waals surface area contributed by atoms with Gasteiger partial charge in [0, 0.05) is 30.0 Å². The second-order valence-corrected chi connectivity index (χ2v) is 6.61. The van der Waals surface area contributed by atoms with Crippen LogP contribution in [0.5, 0.6) is 0 Å². The molecule has 1 aromatic heterocycles. The number of nitrogen functional groups attached to an aromatic ring is 1. The number of alkyl halides is 2. The number of nitrogens with two attached hydrogens (primary N) is 1. The van der Waals surface area contributed by atoms with Gasteiger partial charge in [-0.3, -0.25) is 4.79 Å². The van der Waals surface area contributed by atoms with Crippen molar-refractivity contribution >= 4 is 23.2 Å². The summed E-state index contributed by atoms with van der Waals surface area (Å²) in [7, 11) is 0. The van der Waals surface area contributed by atoms with Crippen LogP contribution >= 0.6 is 11.6 Å². The predicted molar refractivity (Wildman–Crippen MR) is 95.7 cm³/mol. The fourth-order valence-corrected chi connectivity index (χ4v) is 3.28. The molecule has 1 atom stereocenters. The van der Waals surface area contributed by atoms with Crippen LogP contribution in [0.3, 0.4) is 0 Å². The highest BCUT2D eigenvalue weighted by Gasteiger charge is 2.42. The van der Waals surface area contributed by atoms with Gasteiger partial charge >= 0.3 is 0 Å². The third kappa shape index (κ3) is 3.83. The molecule has 2 heterocycles. The fourth-order valence-electron chi connectivity index (χ4n) is 3.03. The molecular weight excluding hydrogens is 362 g/mol. The van der Waals surface area contributed by atoms with Crippen molar-refractivity contribution in [1.29, 1.82) is 0 Å². The number of anilines is 1. The van der Waals surface area contributed by atoms with Crippen molar-refractivity contribution in [3.05, 3.63) is 53.8 Å². The number of amides is 1. The molecule has 5 nitrogen and oxygen atoms in total. The lowest BCUT2D eigenvalue weighted by atomic mass is 9.91. The zero-order valence-corrected chi connectivity index (χ0v) is 14.6. The number of likely N-dealkylation sites (tertiary alicyclic amines) is 1. The quantitative estimate of drug-likeness (QED) is 0.823. The standard InChI is InChI=1S/C18H17ClF2N4O/c1-2-16(26)25-4-3-18(20,21)8-15(25)11-5-12(7-13(19)6-11)17-23-9-14(22)10-24-17/h2,5-7,9-10,15H,1,3-4,8,22H2. The SMILES string of the molecule is C=CC(=O)N1CCC(F)(F)CC1c1cc(Cl)cc(-c2ncc(N)cn2)c1. The maximum atomic E-state index is 14.0. The first kappa shape index (κ1) is 18.3. The lowest BCUT2D eigenvalue weighted by molar-refractivity contribution is -0.138. The molecule has 26 heavy (non-hydrogen) atoms. The monoisotopic (exact) mass is 378 g/mol. The first-order valence-electron chi connectivity index (χ1n) is 7.98. The van der Waals surface area contributed by atoms with Gasteiger partial charge < -0.3 is 10.6 Å². The number of carbonyl (C=O) groups is 1. The van der Waals surface area contributed by atoms with E-state index in [1.165, 1.54) is 17.3 Å².